The summed E-state index contributed by atoms with van der Waals surface area (Å²) in [4.78, 5) is 24.5. The van der Waals surface area contributed by atoms with Crippen LogP contribution in [-0.2, 0) is 14.3 Å². The number of carbonyl (C=O) groups excluding carboxylic acids is 2. The minimum Gasteiger partial charge on any atom is -0.466 e. The van der Waals surface area contributed by atoms with Gasteiger partial charge < -0.3 is 20.3 Å². The Hall–Kier alpha value is -1.92. The van der Waals surface area contributed by atoms with E-state index in [0.29, 0.717) is 19.4 Å². The molecule has 0 aromatic rings. The van der Waals surface area contributed by atoms with E-state index in [1.165, 1.54) is 283 Å². The molecule has 0 aliphatic rings. The van der Waals surface area contributed by atoms with Gasteiger partial charge in [-0.15, -0.1) is 0 Å². The second-order valence-electron chi connectivity index (χ2n) is 22.5. The van der Waals surface area contributed by atoms with E-state index in [9.17, 15) is 19.8 Å². The van der Waals surface area contributed by atoms with Crippen molar-refractivity contribution in [3.05, 3.63) is 36.5 Å². The van der Waals surface area contributed by atoms with Crippen LogP contribution in [0.3, 0.4) is 0 Å². The molecule has 73 heavy (non-hydrogen) atoms. The van der Waals surface area contributed by atoms with E-state index in [2.05, 4.69) is 43.5 Å². The van der Waals surface area contributed by atoms with Crippen LogP contribution in [0.1, 0.15) is 354 Å². The molecule has 0 heterocycles. The number of aliphatic hydroxyl groups is 2. The minimum absolute atomic E-state index is 0.0131. The van der Waals surface area contributed by atoms with Crippen LogP contribution >= 0.6 is 0 Å². The summed E-state index contributed by atoms with van der Waals surface area (Å²) in [6, 6.07) is -0.632. The van der Waals surface area contributed by atoms with Gasteiger partial charge in [0.15, 0.2) is 0 Å². The molecule has 6 nitrogen and oxygen atoms in total. The molecule has 1 amide bonds. The number of rotatable bonds is 61. The molecule has 0 aromatic heterocycles. The first kappa shape index (κ1) is 71.1. The zero-order valence-electron chi connectivity index (χ0n) is 49.1. The fourth-order valence-corrected chi connectivity index (χ4v) is 10.1. The van der Waals surface area contributed by atoms with Crippen LogP contribution in [0.2, 0.25) is 0 Å². The summed E-state index contributed by atoms with van der Waals surface area (Å²) in [5.41, 5.74) is 0. The zero-order valence-corrected chi connectivity index (χ0v) is 49.1. The van der Waals surface area contributed by atoms with Crippen LogP contribution in [0.5, 0.6) is 0 Å². The molecule has 0 spiro atoms. The molecule has 0 radical (unpaired) electrons. The van der Waals surface area contributed by atoms with Gasteiger partial charge in [-0.2, -0.15) is 0 Å². The molecule has 0 fully saturated rings. The molecule has 3 N–H and O–H groups in total. The summed E-state index contributed by atoms with van der Waals surface area (Å²) in [6.45, 7) is 4.92. The van der Waals surface area contributed by atoms with Crippen LogP contribution in [0.25, 0.3) is 0 Å². The Morgan fingerprint density at radius 1 is 0.384 bits per heavy atom. The van der Waals surface area contributed by atoms with E-state index < -0.39 is 12.1 Å². The lowest BCUT2D eigenvalue weighted by Gasteiger charge is -2.20. The number of allylic oxidation sites excluding steroid dienone is 5. The topological polar surface area (TPSA) is 95.9 Å². The Morgan fingerprint density at radius 2 is 0.685 bits per heavy atom. The lowest BCUT2D eigenvalue weighted by Crippen LogP contribution is -2.45. The third-order valence-corrected chi connectivity index (χ3v) is 15.2. The van der Waals surface area contributed by atoms with E-state index in [1.54, 1.807) is 6.08 Å². The van der Waals surface area contributed by atoms with Gasteiger partial charge in [-0.1, -0.05) is 314 Å². The van der Waals surface area contributed by atoms with Crippen molar-refractivity contribution < 1.29 is 24.5 Å². The van der Waals surface area contributed by atoms with Crippen LogP contribution in [0.15, 0.2) is 36.5 Å². The lowest BCUT2D eigenvalue weighted by molar-refractivity contribution is -0.143. The molecule has 430 valence electrons. The monoisotopic (exact) mass is 1030 g/mol. The van der Waals surface area contributed by atoms with Gasteiger partial charge in [0.1, 0.15) is 0 Å². The summed E-state index contributed by atoms with van der Waals surface area (Å²) >= 11 is 0. The third-order valence-electron chi connectivity index (χ3n) is 15.2. The molecule has 6 heteroatoms. The molecular weight excluding hydrogens is 899 g/mol. The van der Waals surface area contributed by atoms with Crippen molar-refractivity contribution in [3.63, 3.8) is 0 Å². The number of esters is 1. The number of aliphatic hydroxyl groups excluding tert-OH is 2. The zero-order chi connectivity index (χ0) is 52.9. The Morgan fingerprint density at radius 3 is 1.04 bits per heavy atom. The number of amides is 1. The first-order valence-electron chi connectivity index (χ1n) is 32.8. The molecule has 0 aromatic carbocycles. The van der Waals surface area contributed by atoms with E-state index in [0.717, 1.165) is 44.9 Å². The smallest absolute Gasteiger partial charge is 0.305 e. The summed E-state index contributed by atoms with van der Waals surface area (Å²) in [5.74, 6) is -0.0605. The van der Waals surface area contributed by atoms with Crippen molar-refractivity contribution >= 4 is 11.9 Å². The summed E-state index contributed by atoms with van der Waals surface area (Å²) in [7, 11) is 0. The van der Waals surface area contributed by atoms with Gasteiger partial charge >= 0.3 is 5.97 Å². The highest BCUT2D eigenvalue weighted by Crippen LogP contribution is 2.17. The first-order chi connectivity index (χ1) is 36.0. The van der Waals surface area contributed by atoms with Crippen LogP contribution < -0.4 is 5.32 Å². The van der Waals surface area contributed by atoms with Crippen molar-refractivity contribution in [2.75, 3.05) is 13.2 Å². The van der Waals surface area contributed by atoms with E-state index in [-0.39, 0.29) is 18.5 Å². The van der Waals surface area contributed by atoms with Crippen molar-refractivity contribution in [1.82, 2.24) is 5.32 Å². The number of hydrogen-bond donors (Lipinski definition) is 3. The molecule has 0 bridgehead atoms. The fraction of sp³-hybridized carbons (Fsp3) is 0.881. The largest absolute Gasteiger partial charge is 0.466 e. The van der Waals surface area contributed by atoms with E-state index in [4.69, 9.17) is 4.74 Å². The van der Waals surface area contributed by atoms with E-state index >= 15 is 0 Å². The van der Waals surface area contributed by atoms with Crippen LogP contribution in [0, 0.1) is 0 Å². The van der Waals surface area contributed by atoms with Crippen LogP contribution in [0.4, 0.5) is 0 Å². The van der Waals surface area contributed by atoms with Gasteiger partial charge in [0.2, 0.25) is 5.91 Å². The molecule has 0 aliphatic heterocycles. The molecule has 2 atom stereocenters. The van der Waals surface area contributed by atoms with Gasteiger partial charge in [0, 0.05) is 12.8 Å². The Kier molecular flexibility index (Phi) is 61.0. The van der Waals surface area contributed by atoms with Crippen molar-refractivity contribution in [3.8, 4) is 0 Å². The summed E-state index contributed by atoms with van der Waals surface area (Å²) < 4.78 is 5.50. The van der Waals surface area contributed by atoms with Gasteiger partial charge in [-0.05, 0) is 64.2 Å². The van der Waals surface area contributed by atoms with Gasteiger partial charge in [0.05, 0.1) is 25.4 Å². The minimum atomic E-state index is -0.848. The predicted molar refractivity (Wildman–Crippen MR) is 319 cm³/mol. The lowest BCUT2D eigenvalue weighted by atomic mass is 10.0. The summed E-state index contributed by atoms with van der Waals surface area (Å²) in [5, 5.41) is 23.1. The molecule has 0 saturated heterocycles. The highest BCUT2D eigenvalue weighted by atomic mass is 16.5. The Balaban J connectivity index is 3.42. The number of nitrogens with one attached hydrogen (secondary N) is 1. The first-order valence-corrected chi connectivity index (χ1v) is 32.8. The molecule has 0 rings (SSSR count). The van der Waals surface area contributed by atoms with Crippen molar-refractivity contribution in [2.24, 2.45) is 0 Å². The normalized spacial score (nSPS) is 12.8. The number of ether oxygens (including phenoxy) is 1. The maximum absolute atomic E-state index is 12.4. The van der Waals surface area contributed by atoms with Crippen LogP contribution in [-0.4, -0.2) is 47.4 Å². The molecule has 2 unspecified atom stereocenters. The Bertz CT molecular complexity index is 1180. The fourth-order valence-electron chi connectivity index (χ4n) is 10.1. The van der Waals surface area contributed by atoms with Crippen molar-refractivity contribution in [1.29, 1.82) is 0 Å². The average molecular weight is 1030 g/mol. The molecule has 0 aliphatic carbocycles. The highest BCUT2D eigenvalue weighted by Gasteiger charge is 2.18. The number of hydrogen-bond acceptors (Lipinski definition) is 5. The predicted octanol–water partition coefficient (Wildman–Crippen LogP) is 20.8. The van der Waals surface area contributed by atoms with Crippen molar-refractivity contribution in [2.45, 2.75) is 366 Å². The number of unbranched alkanes of at least 4 members (excludes halogenated alkanes) is 46. The van der Waals surface area contributed by atoms with Gasteiger partial charge in [0.25, 0.3) is 0 Å². The quantitative estimate of drug-likeness (QED) is 0.0320. The highest BCUT2D eigenvalue weighted by molar-refractivity contribution is 5.76. The maximum Gasteiger partial charge on any atom is 0.305 e. The van der Waals surface area contributed by atoms with Gasteiger partial charge in [-0.25, -0.2) is 0 Å². The van der Waals surface area contributed by atoms with Gasteiger partial charge in [-0.3, -0.25) is 9.59 Å². The van der Waals surface area contributed by atoms with E-state index in [1.807, 2.05) is 6.08 Å². The standard InChI is InChI=1S/C67H127NO5/c1-3-5-7-9-11-13-15-17-18-19-30-33-37-41-45-49-53-57-61-67(72)73-62-58-54-50-46-42-38-34-31-28-26-24-22-20-21-23-25-27-29-32-36-40-44-48-52-56-60-66(71)68-64(63-69)65(70)59-55-51-47-43-39-35-16-14-12-10-8-6-4-2/h21-24,55,59,64-65,69-70H,3-20,25-54,56-58,60-63H2,1-2H3,(H,68,71)/b23-21-,24-22-,59-55+. The second kappa shape index (κ2) is 62.6. The Labute approximate surface area is 455 Å². The molecule has 0 saturated carbocycles. The SMILES string of the molecule is CCCCCCCCCCCCC/C=C/C(O)C(CO)NC(=O)CCCCCCCCCCC/C=C\C/C=C\CCCCCCCCCCCOC(=O)CCCCCCCCCCCCCCCCCCCC. The summed E-state index contributed by atoms with van der Waals surface area (Å²) in [6.07, 6.45) is 79.2. The average Bonchev–Trinajstić information content (AvgIpc) is 3.39. The maximum atomic E-state index is 12.4. The second-order valence-corrected chi connectivity index (χ2v) is 22.5. The number of carbonyl (C=O) groups is 2. The third kappa shape index (κ3) is 59.2. The molecular formula is C67H127NO5.